The predicted octanol–water partition coefficient (Wildman–Crippen LogP) is 2.64. The van der Waals surface area contributed by atoms with Gasteiger partial charge in [0.15, 0.2) is 0 Å². The zero-order chi connectivity index (χ0) is 13.7. The minimum atomic E-state index is -0.320. The average Bonchev–Trinajstić information content (AvgIpc) is 2.91. The van der Waals surface area contributed by atoms with Gasteiger partial charge in [-0.15, -0.1) is 0 Å². The second kappa shape index (κ2) is 6.53. The van der Waals surface area contributed by atoms with Crippen LogP contribution in [0.15, 0.2) is 28.7 Å². The average molecular weight is 325 g/mol. The topological polar surface area (TPSA) is 41.1 Å². The summed E-state index contributed by atoms with van der Waals surface area (Å²) in [5.41, 5.74) is 0.924. The number of carbonyl (C=O) groups is 1. The van der Waals surface area contributed by atoms with Crippen LogP contribution in [0.4, 0.5) is 0 Å². The molecule has 4 heteroatoms. The molecule has 1 unspecified atom stereocenters. The van der Waals surface area contributed by atoms with Gasteiger partial charge >= 0.3 is 0 Å². The standard InChI is InChI=1S/C15H21BrN2O/c1-2-15(9-3-10-18-15)14(19)17-11-8-12-4-6-13(16)7-5-12/h4-7,18H,2-3,8-11H2,1H3,(H,17,19). The van der Waals surface area contributed by atoms with Crippen molar-refractivity contribution < 1.29 is 4.79 Å². The van der Waals surface area contributed by atoms with Crippen LogP contribution in [0.5, 0.6) is 0 Å². The van der Waals surface area contributed by atoms with E-state index in [0.29, 0.717) is 6.54 Å². The molecule has 1 atom stereocenters. The Labute approximate surface area is 123 Å². The van der Waals surface area contributed by atoms with E-state index in [2.05, 4.69) is 45.6 Å². The van der Waals surface area contributed by atoms with Crippen LogP contribution in [-0.4, -0.2) is 24.5 Å². The van der Waals surface area contributed by atoms with Gasteiger partial charge in [0, 0.05) is 11.0 Å². The fourth-order valence-corrected chi connectivity index (χ4v) is 2.87. The van der Waals surface area contributed by atoms with Crippen LogP contribution >= 0.6 is 15.9 Å². The highest BCUT2D eigenvalue weighted by Crippen LogP contribution is 2.23. The molecule has 2 rings (SSSR count). The van der Waals surface area contributed by atoms with E-state index < -0.39 is 0 Å². The molecule has 1 saturated heterocycles. The summed E-state index contributed by atoms with van der Waals surface area (Å²) in [6, 6.07) is 8.23. The highest BCUT2D eigenvalue weighted by molar-refractivity contribution is 9.10. The van der Waals surface area contributed by atoms with E-state index in [4.69, 9.17) is 0 Å². The number of hydrogen-bond donors (Lipinski definition) is 2. The number of rotatable bonds is 5. The van der Waals surface area contributed by atoms with Crippen molar-refractivity contribution in [1.82, 2.24) is 10.6 Å². The molecule has 1 amide bonds. The quantitative estimate of drug-likeness (QED) is 0.874. The lowest BCUT2D eigenvalue weighted by molar-refractivity contribution is -0.127. The van der Waals surface area contributed by atoms with Gasteiger partial charge in [0.05, 0.1) is 5.54 Å². The zero-order valence-electron chi connectivity index (χ0n) is 11.3. The number of benzene rings is 1. The van der Waals surface area contributed by atoms with Crippen LogP contribution in [-0.2, 0) is 11.2 Å². The third-order valence-electron chi connectivity index (χ3n) is 3.89. The maximum absolute atomic E-state index is 12.3. The van der Waals surface area contributed by atoms with Crippen LogP contribution in [0, 0.1) is 0 Å². The van der Waals surface area contributed by atoms with Crippen molar-refractivity contribution in [2.75, 3.05) is 13.1 Å². The molecule has 0 radical (unpaired) electrons. The summed E-state index contributed by atoms with van der Waals surface area (Å²) in [4.78, 5) is 12.3. The normalized spacial score (nSPS) is 22.4. The Balaban J connectivity index is 1.82. The maximum atomic E-state index is 12.3. The fraction of sp³-hybridized carbons (Fsp3) is 0.533. The molecule has 3 nitrogen and oxygen atoms in total. The van der Waals surface area contributed by atoms with Crippen LogP contribution in [0.3, 0.4) is 0 Å². The van der Waals surface area contributed by atoms with Crippen molar-refractivity contribution in [3.63, 3.8) is 0 Å². The van der Waals surface area contributed by atoms with Crippen molar-refractivity contribution in [2.45, 2.75) is 38.1 Å². The van der Waals surface area contributed by atoms with E-state index in [1.54, 1.807) is 0 Å². The molecule has 104 valence electrons. The number of hydrogen-bond acceptors (Lipinski definition) is 2. The predicted molar refractivity (Wildman–Crippen MR) is 81.1 cm³/mol. The number of halogens is 1. The molecule has 2 N–H and O–H groups in total. The van der Waals surface area contributed by atoms with Gasteiger partial charge in [0.2, 0.25) is 5.91 Å². The summed E-state index contributed by atoms with van der Waals surface area (Å²) in [6.07, 6.45) is 3.78. The molecule has 0 bridgehead atoms. The molecule has 1 aliphatic heterocycles. The Morgan fingerprint density at radius 2 is 2.16 bits per heavy atom. The van der Waals surface area contributed by atoms with Gasteiger partial charge in [-0.25, -0.2) is 0 Å². The van der Waals surface area contributed by atoms with Gasteiger partial charge in [-0.2, -0.15) is 0 Å². The molecule has 1 fully saturated rings. The number of carbonyl (C=O) groups excluding carboxylic acids is 1. The molecular formula is C15H21BrN2O. The summed E-state index contributed by atoms with van der Waals surface area (Å²) in [6.45, 7) is 3.73. The highest BCUT2D eigenvalue weighted by Gasteiger charge is 2.38. The summed E-state index contributed by atoms with van der Waals surface area (Å²) in [7, 11) is 0. The first-order chi connectivity index (χ1) is 9.16. The SMILES string of the molecule is CCC1(C(=O)NCCc2ccc(Br)cc2)CCCN1. The summed E-state index contributed by atoms with van der Waals surface area (Å²) in [5.74, 6) is 0.157. The van der Waals surface area contributed by atoms with Crippen LogP contribution < -0.4 is 10.6 Å². The number of amides is 1. The van der Waals surface area contributed by atoms with Crippen molar-refractivity contribution in [1.29, 1.82) is 0 Å². The van der Waals surface area contributed by atoms with E-state index in [0.717, 1.165) is 36.7 Å². The van der Waals surface area contributed by atoms with Crippen LogP contribution in [0.1, 0.15) is 31.7 Å². The van der Waals surface area contributed by atoms with Gasteiger partial charge in [0.1, 0.15) is 0 Å². The lowest BCUT2D eigenvalue weighted by Crippen LogP contribution is -2.53. The van der Waals surface area contributed by atoms with Crippen molar-refractivity contribution in [3.8, 4) is 0 Å². The molecule has 0 aliphatic carbocycles. The molecule has 1 heterocycles. The van der Waals surface area contributed by atoms with Gasteiger partial charge in [-0.1, -0.05) is 35.0 Å². The summed E-state index contributed by atoms with van der Waals surface area (Å²) in [5, 5.41) is 6.42. The molecular weight excluding hydrogens is 304 g/mol. The highest BCUT2D eigenvalue weighted by atomic mass is 79.9. The Morgan fingerprint density at radius 1 is 1.42 bits per heavy atom. The lowest BCUT2D eigenvalue weighted by atomic mass is 9.93. The second-order valence-electron chi connectivity index (χ2n) is 5.10. The first-order valence-corrected chi connectivity index (χ1v) is 7.73. The number of nitrogens with one attached hydrogen (secondary N) is 2. The Hall–Kier alpha value is -0.870. The maximum Gasteiger partial charge on any atom is 0.240 e. The monoisotopic (exact) mass is 324 g/mol. The Kier molecular flexibility index (Phi) is 4.99. The van der Waals surface area contributed by atoms with E-state index in [-0.39, 0.29) is 11.4 Å². The van der Waals surface area contributed by atoms with Gasteiger partial charge in [-0.05, 0) is 49.9 Å². The molecule has 1 aromatic carbocycles. The van der Waals surface area contributed by atoms with Gasteiger partial charge < -0.3 is 10.6 Å². The molecule has 0 aromatic heterocycles. The van der Waals surface area contributed by atoms with Crippen LogP contribution in [0.25, 0.3) is 0 Å². The van der Waals surface area contributed by atoms with Gasteiger partial charge in [0.25, 0.3) is 0 Å². The van der Waals surface area contributed by atoms with E-state index >= 15 is 0 Å². The fourth-order valence-electron chi connectivity index (χ4n) is 2.60. The van der Waals surface area contributed by atoms with Crippen molar-refractivity contribution in [2.24, 2.45) is 0 Å². The second-order valence-corrected chi connectivity index (χ2v) is 6.01. The largest absolute Gasteiger partial charge is 0.354 e. The van der Waals surface area contributed by atoms with E-state index in [1.165, 1.54) is 5.56 Å². The first kappa shape index (κ1) is 14.5. The van der Waals surface area contributed by atoms with E-state index in [1.807, 2.05) is 12.1 Å². The van der Waals surface area contributed by atoms with Gasteiger partial charge in [-0.3, -0.25) is 4.79 Å². The minimum absolute atomic E-state index is 0.157. The van der Waals surface area contributed by atoms with E-state index in [9.17, 15) is 4.79 Å². The summed E-state index contributed by atoms with van der Waals surface area (Å²) < 4.78 is 1.08. The molecule has 19 heavy (non-hydrogen) atoms. The van der Waals surface area contributed by atoms with Crippen LogP contribution in [0.2, 0.25) is 0 Å². The third-order valence-corrected chi connectivity index (χ3v) is 4.42. The molecule has 1 aliphatic rings. The lowest BCUT2D eigenvalue weighted by Gasteiger charge is -2.26. The first-order valence-electron chi connectivity index (χ1n) is 6.94. The van der Waals surface area contributed by atoms with Crippen molar-refractivity contribution in [3.05, 3.63) is 34.3 Å². The smallest absolute Gasteiger partial charge is 0.240 e. The molecule has 0 spiro atoms. The Bertz CT molecular complexity index is 424. The Morgan fingerprint density at radius 3 is 2.74 bits per heavy atom. The summed E-state index contributed by atoms with van der Waals surface area (Å²) >= 11 is 3.42. The molecule has 1 aromatic rings. The molecule has 0 saturated carbocycles. The zero-order valence-corrected chi connectivity index (χ0v) is 12.9. The van der Waals surface area contributed by atoms with Crippen molar-refractivity contribution >= 4 is 21.8 Å². The third kappa shape index (κ3) is 3.57. The minimum Gasteiger partial charge on any atom is -0.354 e.